The highest BCUT2D eigenvalue weighted by Crippen LogP contribution is 2.21. The number of amides is 1. The number of aldehydes is 1. The van der Waals surface area contributed by atoms with Gasteiger partial charge < -0.3 is 20.5 Å². The zero-order valence-electron chi connectivity index (χ0n) is 16.8. The number of carboxylic acids is 1. The molecule has 0 aliphatic heterocycles. The maximum absolute atomic E-state index is 13.3. The zero-order chi connectivity index (χ0) is 21.4. The Morgan fingerprint density at radius 2 is 1.55 bits per heavy atom. The van der Waals surface area contributed by atoms with Gasteiger partial charge in [0.15, 0.2) is 5.54 Å². The summed E-state index contributed by atoms with van der Waals surface area (Å²) in [6.07, 6.45) is 1.47. The van der Waals surface area contributed by atoms with Gasteiger partial charge in [-0.15, -0.1) is 0 Å². The third-order valence-corrected chi connectivity index (χ3v) is 5.21. The van der Waals surface area contributed by atoms with Crippen LogP contribution in [0.4, 0.5) is 0 Å². The minimum atomic E-state index is -2.10. The second-order valence-electron chi connectivity index (χ2n) is 7.46. The number of carboxylic acid groups (broad SMARTS) is 1. The molecule has 0 saturated heterocycles. The average Bonchev–Trinajstić information content (AvgIpc) is 2.73. The van der Waals surface area contributed by atoms with Crippen molar-refractivity contribution < 1.29 is 19.5 Å². The fourth-order valence-electron chi connectivity index (χ4n) is 3.22. The van der Waals surface area contributed by atoms with Crippen LogP contribution in [0, 0.1) is 5.92 Å². The lowest BCUT2D eigenvalue weighted by molar-refractivity contribution is -0.157. The molecule has 0 radical (unpaired) electrons. The number of carbonyl (C=O) groups excluding carboxylic acids is 2. The van der Waals surface area contributed by atoms with Crippen LogP contribution in [0.3, 0.4) is 0 Å². The third kappa shape index (κ3) is 5.29. The molecule has 0 bridgehead atoms. The molecule has 0 aromatic heterocycles. The van der Waals surface area contributed by atoms with Crippen molar-refractivity contribution >= 4 is 18.2 Å². The van der Waals surface area contributed by atoms with Crippen LogP contribution >= 0.6 is 0 Å². The minimum absolute atomic E-state index is 0.192. The van der Waals surface area contributed by atoms with Gasteiger partial charge in [0.05, 0.1) is 6.04 Å². The van der Waals surface area contributed by atoms with Gasteiger partial charge in [0, 0.05) is 6.54 Å². The van der Waals surface area contributed by atoms with Crippen LogP contribution in [-0.4, -0.2) is 46.3 Å². The summed E-state index contributed by atoms with van der Waals surface area (Å²) in [7, 11) is 0. The summed E-state index contributed by atoms with van der Waals surface area (Å²) in [5, 5.41) is 9.69. The van der Waals surface area contributed by atoms with Gasteiger partial charge in [-0.1, -0.05) is 74.5 Å². The van der Waals surface area contributed by atoms with Crippen molar-refractivity contribution in [3.63, 3.8) is 0 Å². The second kappa shape index (κ2) is 9.98. The van der Waals surface area contributed by atoms with Crippen molar-refractivity contribution in [3.8, 4) is 0 Å². The Morgan fingerprint density at radius 3 is 2.00 bits per heavy atom. The monoisotopic (exact) mass is 396 g/mol. The molecule has 6 heteroatoms. The molecule has 6 nitrogen and oxygen atoms in total. The van der Waals surface area contributed by atoms with Crippen molar-refractivity contribution in [2.24, 2.45) is 11.7 Å². The highest BCUT2D eigenvalue weighted by atomic mass is 16.4. The van der Waals surface area contributed by atoms with Gasteiger partial charge in [-0.3, -0.25) is 4.79 Å². The molecular weight excluding hydrogens is 368 g/mol. The molecule has 2 aromatic carbocycles. The van der Waals surface area contributed by atoms with E-state index in [9.17, 15) is 19.5 Å². The summed E-state index contributed by atoms with van der Waals surface area (Å²) in [5.74, 6) is -2.79. The molecule has 2 atom stereocenters. The number of rotatable bonds is 10. The lowest BCUT2D eigenvalue weighted by atomic mass is 9.85. The summed E-state index contributed by atoms with van der Waals surface area (Å²) in [6.45, 7) is 3.38. The van der Waals surface area contributed by atoms with E-state index in [0.29, 0.717) is 19.1 Å². The predicted octanol–water partition coefficient (Wildman–Crippen LogP) is 2.31. The molecule has 29 heavy (non-hydrogen) atoms. The molecule has 0 spiro atoms. The Labute approximate surface area is 171 Å². The van der Waals surface area contributed by atoms with E-state index in [1.165, 1.54) is 4.90 Å². The van der Waals surface area contributed by atoms with Crippen LogP contribution in [0.5, 0.6) is 0 Å². The van der Waals surface area contributed by atoms with Crippen molar-refractivity contribution in [1.82, 2.24) is 4.90 Å². The maximum atomic E-state index is 13.3. The number of aliphatic carboxylic acids is 1. The van der Waals surface area contributed by atoms with E-state index in [2.05, 4.69) is 0 Å². The number of carbonyl (C=O) groups is 3. The van der Waals surface area contributed by atoms with Gasteiger partial charge >= 0.3 is 5.97 Å². The number of hydrogen-bond acceptors (Lipinski definition) is 4. The summed E-state index contributed by atoms with van der Waals surface area (Å²) >= 11 is 0. The van der Waals surface area contributed by atoms with Crippen molar-refractivity contribution in [2.45, 2.75) is 38.3 Å². The highest BCUT2D eigenvalue weighted by Gasteiger charge is 2.48. The van der Waals surface area contributed by atoms with Crippen LogP contribution in [-0.2, 0) is 27.2 Å². The number of hydrogen-bond donors (Lipinski definition) is 2. The number of benzene rings is 2. The van der Waals surface area contributed by atoms with Crippen LogP contribution < -0.4 is 5.73 Å². The second-order valence-corrected chi connectivity index (χ2v) is 7.46. The molecule has 0 heterocycles. The van der Waals surface area contributed by atoms with Gasteiger partial charge in [-0.2, -0.15) is 0 Å². The molecule has 3 N–H and O–H groups in total. The first kappa shape index (κ1) is 22.3. The van der Waals surface area contributed by atoms with Crippen LogP contribution in [0.15, 0.2) is 60.7 Å². The molecule has 0 aliphatic rings. The van der Waals surface area contributed by atoms with Crippen molar-refractivity contribution in [1.29, 1.82) is 0 Å². The fraction of sp³-hybridized carbons (Fsp3) is 0.348. The summed E-state index contributed by atoms with van der Waals surface area (Å²) in [5.41, 5.74) is 5.84. The SMILES string of the molecule is CC(C)[C@@](N)(C(=O)O)C(=O)N(CCc1ccccc1)[C@H](C=O)Cc1ccccc1. The molecular formula is C23H28N2O4. The standard InChI is InChI=1S/C23H28N2O4/c1-17(2)23(24,22(28)29)21(27)25(14-13-18-9-5-3-6-10-18)20(16-26)15-19-11-7-4-8-12-19/h3-12,16-17,20H,13-15,24H2,1-2H3,(H,28,29)/t20-,23-/m0/s1. The average molecular weight is 396 g/mol. The lowest BCUT2D eigenvalue weighted by Crippen LogP contribution is -2.65. The van der Waals surface area contributed by atoms with E-state index in [0.717, 1.165) is 11.1 Å². The van der Waals surface area contributed by atoms with Crippen LogP contribution in [0.2, 0.25) is 0 Å². The number of nitrogens with two attached hydrogens (primary N) is 1. The molecule has 2 aromatic rings. The van der Waals surface area contributed by atoms with Crippen molar-refractivity contribution in [3.05, 3.63) is 71.8 Å². The molecule has 2 rings (SSSR count). The molecule has 1 amide bonds. The van der Waals surface area contributed by atoms with Gasteiger partial charge in [0.25, 0.3) is 5.91 Å². The largest absolute Gasteiger partial charge is 0.479 e. The van der Waals surface area contributed by atoms with E-state index in [-0.39, 0.29) is 6.54 Å². The molecule has 154 valence electrons. The van der Waals surface area contributed by atoms with Gasteiger partial charge in [-0.25, -0.2) is 4.79 Å². The molecule has 0 aliphatic carbocycles. The van der Waals surface area contributed by atoms with Gasteiger partial charge in [0.2, 0.25) is 0 Å². The van der Waals surface area contributed by atoms with E-state index >= 15 is 0 Å². The first-order valence-corrected chi connectivity index (χ1v) is 9.67. The summed E-state index contributed by atoms with van der Waals surface area (Å²) in [6, 6.07) is 18.0. The molecule has 0 fully saturated rings. The predicted molar refractivity (Wildman–Crippen MR) is 111 cm³/mol. The summed E-state index contributed by atoms with van der Waals surface area (Å²) < 4.78 is 0. The molecule has 0 unspecified atom stereocenters. The van der Waals surface area contributed by atoms with Crippen LogP contribution in [0.25, 0.3) is 0 Å². The van der Waals surface area contributed by atoms with E-state index in [1.54, 1.807) is 13.8 Å². The Bertz CT molecular complexity index is 823. The lowest BCUT2D eigenvalue weighted by Gasteiger charge is -2.37. The number of nitrogens with zero attached hydrogens (tertiary/aromatic N) is 1. The van der Waals surface area contributed by atoms with E-state index < -0.39 is 29.4 Å². The minimum Gasteiger partial charge on any atom is -0.479 e. The van der Waals surface area contributed by atoms with Crippen molar-refractivity contribution in [2.75, 3.05) is 6.54 Å². The zero-order valence-corrected chi connectivity index (χ0v) is 16.8. The maximum Gasteiger partial charge on any atom is 0.333 e. The smallest absolute Gasteiger partial charge is 0.333 e. The third-order valence-electron chi connectivity index (χ3n) is 5.21. The Morgan fingerprint density at radius 1 is 1.03 bits per heavy atom. The quantitative estimate of drug-likeness (QED) is 0.474. The van der Waals surface area contributed by atoms with Gasteiger partial charge in [0.1, 0.15) is 6.29 Å². The highest BCUT2D eigenvalue weighted by molar-refractivity contribution is 6.07. The Hall–Kier alpha value is -2.99. The normalized spacial score (nSPS) is 14.1. The first-order valence-electron chi connectivity index (χ1n) is 9.67. The summed E-state index contributed by atoms with van der Waals surface area (Å²) in [4.78, 5) is 38.5. The topological polar surface area (TPSA) is 101 Å². The van der Waals surface area contributed by atoms with Crippen LogP contribution in [0.1, 0.15) is 25.0 Å². The Kier molecular flexibility index (Phi) is 7.67. The Balaban J connectivity index is 2.36. The fourth-order valence-corrected chi connectivity index (χ4v) is 3.22. The van der Waals surface area contributed by atoms with E-state index in [4.69, 9.17) is 5.73 Å². The van der Waals surface area contributed by atoms with Gasteiger partial charge in [-0.05, 0) is 29.9 Å². The molecule has 0 saturated carbocycles. The first-order chi connectivity index (χ1) is 13.8. The van der Waals surface area contributed by atoms with E-state index in [1.807, 2.05) is 60.7 Å².